The molecule has 0 rings (SSSR count). The Hall–Kier alpha value is -1.94. The van der Waals surface area contributed by atoms with Crippen molar-refractivity contribution in [1.82, 2.24) is 9.80 Å². The smallest absolute Gasteiger partial charge is 0.152 e. The molecule has 4 nitrogen and oxygen atoms in total. The molecular formula is C10H14N4. The molecule has 0 fully saturated rings. The fourth-order valence-electron chi connectivity index (χ4n) is 0.815. The Labute approximate surface area is 84.9 Å². The minimum atomic E-state index is 0.119. The van der Waals surface area contributed by atoms with Crippen LogP contribution in [0.3, 0.4) is 0 Å². The van der Waals surface area contributed by atoms with E-state index in [1.54, 1.807) is 31.3 Å². The van der Waals surface area contributed by atoms with Gasteiger partial charge in [0.15, 0.2) is 5.57 Å². The number of allylic oxidation sites excluding steroid dienone is 2. The molecule has 0 radical (unpaired) electrons. The highest BCUT2D eigenvalue weighted by atomic mass is 15.1. The molecule has 0 heterocycles. The molecule has 0 spiro atoms. The summed E-state index contributed by atoms with van der Waals surface area (Å²) < 4.78 is 0. The molecule has 0 saturated carbocycles. The standard InChI is InChI=1S/C10H14N4/c1-13(2)6-5-10(14(3)4)9(7-11)8-12/h5-6H,1-4H3. The van der Waals surface area contributed by atoms with E-state index in [1.165, 1.54) is 0 Å². The molecule has 0 aromatic carbocycles. The number of likely N-dealkylation sites (N-methyl/N-ethyl adjacent to an activating group) is 1. The van der Waals surface area contributed by atoms with Crippen LogP contribution in [-0.2, 0) is 0 Å². The monoisotopic (exact) mass is 190 g/mol. The number of hydrogen-bond acceptors (Lipinski definition) is 4. The van der Waals surface area contributed by atoms with Crippen molar-refractivity contribution in [2.75, 3.05) is 28.2 Å². The van der Waals surface area contributed by atoms with Crippen LogP contribution in [0.25, 0.3) is 0 Å². The third-order valence-electron chi connectivity index (χ3n) is 1.49. The summed E-state index contributed by atoms with van der Waals surface area (Å²) in [4.78, 5) is 3.58. The van der Waals surface area contributed by atoms with Gasteiger partial charge in [-0.05, 0) is 6.08 Å². The summed E-state index contributed by atoms with van der Waals surface area (Å²) in [6.45, 7) is 0. The van der Waals surface area contributed by atoms with Crippen molar-refractivity contribution >= 4 is 0 Å². The van der Waals surface area contributed by atoms with Gasteiger partial charge < -0.3 is 9.80 Å². The van der Waals surface area contributed by atoms with Crippen LogP contribution in [0.15, 0.2) is 23.5 Å². The van der Waals surface area contributed by atoms with Crippen LogP contribution in [0.1, 0.15) is 0 Å². The molecule has 4 heteroatoms. The van der Waals surface area contributed by atoms with E-state index in [0.717, 1.165) is 0 Å². The molecule has 14 heavy (non-hydrogen) atoms. The first-order chi connectivity index (χ1) is 6.52. The second kappa shape index (κ2) is 5.66. The highest BCUT2D eigenvalue weighted by Gasteiger charge is 2.04. The fourth-order valence-corrected chi connectivity index (χ4v) is 0.815. The van der Waals surface area contributed by atoms with Crippen molar-refractivity contribution < 1.29 is 0 Å². The van der Waals surface area contributed by atoms with E-state index >= 15 is 0 Å². The minimum absolute atomic E-state index is 0.119. The largest absolute Gasteiger partial charge is 0.383 e. The molecule has 0 N–H and O–H groups in total. The molecule has 0 aliphatic carbocycles. The van der Waals surface area contributed by atoms with Crippen molar-refractivity contribution in [2.24, 2.45) is 0 Å². The maximum atomic E-state index is 8.71. The summed E-state index contributed by atoms with van der Waals surface area (Å²) in [5, 5.41) is 17.4. The van der Waals surface area contributed by atoms with Crippen molar-refractivity contribution in [1.29, 1.82) is 10.5 Å². The molecule has 0 aliphatic rings. The third-order valence-corrected chi connectivity index (χ3v) is 1.49. The molecule has 0 aliphatic heterocycles. The summed E-state index contributed by atoms with van der Waals surface area (Å²) in [6, 6.07) is 3.73. The Kier molecular flexibility index (Phi) is 4.88. The average Bonchev–Trinajstić information content (AvgIpc) is 2.11. The minimum Gasteiger partial charge on any atom is -0.383 e. The van der Waals surface area contributed by atoms with Gasteiger partial charge in [-0.3, -0.25) is 0 Å². The van der Waals surface area contributed by atoms with Crippen molar-refractivity contribution in [3.05, 3.63) is 23.5 Å². The molecular weight excluding hydrogens is 176 g/mol. The Morgan fingerprint density at radius 1 is 1.07 bits per heavy atom. The lowest BCUT2D eigenvalue weighted by Gasteiger charge is -2.14. The topological polar surface area (TPSA) is 54.1 Å². The number of rotatable bonds is 3. The van der Waals surface area contributed by atoms with Crippen LogP contribution in [0.4, 0.5) is 0 Å². The van der Waals surface area contributed by atoms with Gasteiger partial charge in [-0.1, -0.05) is 0 Å². The quantitative estimate of drug-likeness (QED) is 0.490. The predicted octanol–water partition coefficient (Wildman–Crippen LogP) is 0.925. The van der Waals surface area contributed by atoms with E-state index in [1.807, 2.05) is 31.1 Å². The molecule has 74 valence electrons. The molecule has 0 aromatic heterocycles. The number of nitrogens with zero attached hydrogens (tertiary/aromatic N) is 4. The lowest BCUT2D eigenvalue weighted by atomic mass is 10.2. The Morgan fingerprint density at radius 3 is 1.86 bits per heavy atom. The average molecular weight is 190 g/mol. The van der Waals surface area contributed by atoms with Crippen molar-refractivity contribution in [2.45, 2.75) is 0 Å². The number of hydrogen-bond donors (Lipinski definition) is 0. The van der Waals surface area contributed by atoms with E-state index in [4.69, 9.17) is 10.5 Å². The van der Waals surface area contributed by atoms with E-state index < -0.39 is 0 Å². The highest BCUT2D eigenvalue weighted by molar-refractivity contribution is 5.43. The Morgan fingerprint density at radius 2 is 1.57 bits per heavy atom. The molecule has 0 atom stereocenters. The van der Waals surface area contributed by atoms with Crippen LogP contribution in [0.2, 0.25) is 0 Å². The van der Waals surface area contributed by atoms with Gasteiger partial charge in [-0.25, -0.2) is 0 Å². The maximum Gasteiger partial charge on any atom is 0.152 e. The summed E-state index contributed by atoms with van der Waals surface area (Å²) in [7, 11) is 7.35. The van der Waals surface area contributed by atoms with Gasteiger partial charge in [0, 0.05) is 34.4 Å². The van der Waals surface area contributed by atoms with Gasteiger partial charge in [-0.15, -0.1) is 0 Å². The van der Waals surface area contributed by atoms with E-state index in [-0.39, 0.29) is 5.57 Å². The summed E-state index contributed by atoms with van der Waals surface area (Å²) in [6.07, 6.45) is 3.53. The van der Waals surface area contributed by atoms with Crippen LogP contribution >= 0.6 is 0 Å². The van der Waals surface area contributed by atoms with Gasteiger partial charge in [0.05, 0.1) is 5.70 Å². The van der Waals surface area contributed by atoms with Crippen molar-refractivity contribution in [3.8, 4) is 12.1 Å². The first-order valence-corrected chi connectivity index (χ1v) is 4.09. The maximum absolute atomic E-state index is 8.71. The highest BCUT2D eigenvalue weighted by Crippen LogP contribution is 2.07. The van der Waals surface area contributed by atoms with Crippen LogP contribution < -0.4 is 0 Å². The van der Waals surface area contributed by atoms with Crippen LogP contribution in [-0.4, -0.2) is 38.0 Å². The fraction of sp³-hybridized carbons (Fsp3) is 0.400. The third kappa shape index (κ3) is 3.64. The van der Waals surface area contributed by atoms with Crippen LogP contribution in [0, 0.1) is 22.7 Å². The van der Waals surface area contributed by atoms with Gasteiger partial charge in [-0.2, -0.15) is 10.5 Å². The molecule has 0 unspecified atom stereocenters. The Bertz CT molecular complexity index is 307. The first-order valence-electron chi connectivity index (χ1n) is 4.09. The van der Waals surface area contributed by atoms with Crippen molar-refractivity contribution in [3.63, 3.8) is 0 Å². The van der Waals surface area contributed by atoms with Gasteiger partial charge in [0.1, 0.15) is 12.1 Å². The van der Waals surface area contributed by atoms with E-state index in [9.17, 15) is 0 Å². The zero-order valence-corrected chi connectivity index (χ0v) is 8.94. The lowest BCUT2D eigenvalue weighted by molar-refractivity contribution is 0.518. The van der Waals surface area contributed by atoms with E-state index in [2.05, 4.69) is 0 Å². The van der Waals surface area contributed by atoms with Gasteiger partial charge in [0.25, 0.3) is 0 Å². The predicted molar refractivity (Wildman–Crippen MR) is 54.8 cm³/mol. The zero-order valence-electron chi connectivity index (χ0n) is 8.94. The van der Waals surface area contributed by atoms with Gasteiger partial charge in [0.2, 0.25) is 0 Å². The van der Waals surface area contributed by atoms with Gasteiger partial charge >= 0.3 is 0 Å². The second-order valence-corrected chi connectivity index (χ2v) is 3.16. The lowest BCUT2D eigenvalue weighted by Crippen LogP contribution is -2.12. The number of nitriles is 2. The zero-order chi connectivity index (χ0) is 11.1. The first kappa shape index (κ1) is 12.1. The Balaban J connectivity index is 5.09. The summed E-state index contributed by atoms with van der Waals surface area (Å²) in [5.41, 5.74) is 0.733. The SMILES string of the molecule is CN(C)C=CC(=C(C#N)C#N)N(C)C. The van der Waals surface area contributed by atoms with E-state index in [0.29, 0.717) is 5.70 Å². The van der Waals surface area contributed by atoms with Crippen LogP contribution in [0.5, 0.6) is 0 Å². The summed E-state index contributed by atoms with van der Waals surface area (Å²) >= 11 is 0. The molecule has 0 amide bonds. The molecule has 0 aromatic rings. The summed E-state index contributed by atoms with van der Waals surface area (Å²) in [5.74, 6) is 0. The second-order valence-electron chi connectivity index (χ2n) is 3.16. The molecule has 0 bridgehead atoms. The molecule has 0 saturated heterocycles. The normalized spacial score (nSPS) is 9.00.